The third-order valence-corrected chi connectivity index (χ3v) is 3.81. The molecule has 3 rings (SSSR count). The van der Waals surface area contributed by atoms with E-state index in [4.69, 9.17) is 17.3 Å². The van der Waals surface area contributed by atoms with Crippen LogP contribution in [0, 0.1) is 11.6 Å². The summed E-state index contributed by atoms with van der Waals surface area (Å²) in [5, 5.41) is 2.36. The fraction of sp³-hybridized carbons (Fsp3) is 0.0588. The fourth-order valence-electron chi connectivity index (χ4n) is 2.49. The van der Waals surface area contributed by atoms with Crippen LogP contribution in [0.15, 0.2) is 54.6 Å². The van der Waals surface area contributed by atoms with Gasteiger partial charge in [0.25, 0.3) is 0 Å². The van der Waals surface area contributed by atoms with Crippen LogP contribution in [0.4, 0.5) is 8.78 Å². The molecule has 1 nitrogen and oxygen atoms in total. The summed E-state index contributed by atoms with van der Waals surface area (Å²) >= 11 is 6.17. The lowest BCUT2D eigenvalue weighted by molar-refractivity contribution is 0.577. The monoisotopic (exact) mass is 303 g/mol. The van der Waals surface area contributed by atoms with E-state index in [1.807, 2.05) is 24.3 Å². The molecule has 0 heterocycles. The quantitative estimate of drug-likeness (QED) is 0.721. The van der Waals surface area contributed by atoms with Crippen LogP contribution in [0.5, 0.6) is 0 Å². The molecule has 0 spiro atoms. The second-order valence-corrected chi connectivity index (χ2v) is 5.27. The van der Waals surface area contributed by atoms with E-state index in [-0.39, 0.29) is 0 Å². The largest absolute Gasteiger partial charge is 0.320 e. The minimum Gasteiger partial charge on any atom is -0.320 e. The van der Waals surface area contributed by atoms with Crippen molar-refractivity contribution in [2.75, 3.05) is 0 Å². The lowest BCUT2D eigenvalue weighted by Crippen LogP contribution is -2.13. The first kappa shape index (κ1) is 14.0. The second kappa shape index (κ2) is 5.43. The van der Waals surface area contributed by atoms with Gasteiger partial charge in [0.1, 0.15) is 11.6 Å². The number of rotatable bonds is 2. The van der Waals surface area contributed by atoms with Crippen LogP contribution in [0.25, 0.3) is 10.8 Å². The van der Waals surface area contributed by atoms with Gasteiger partial charge in [-0.05, 0) is 34.7 Å². The Hall–Kier alpha value is -1.97. The van der Waals surface area contributed by atoms with Gasteiger partial charge in [-0.15, -0.1) is 0 Å². The first-order chi connectivity index (χ1) is 10.1. The van der Waals surface area contributed by atoms with Crippen LogP contribution in [-0.2, 0) is 0 Å². The highest BCUT2D eigenvalue weighted by Crippen LogP contribution is 2.32. The van der Waals surface area contributed by atoms with Gasteiger partial charge in [-0.1, -0.05) is 41.9 Å². The highest BCUT2D eigenvalue weighted by molar-refractivity contribution is 6.35. The van der Waals surface area contributed by atoms with E-state index in [1.54, 1.807) is 12.1 Å². The molecular weight excluding hydrogens is 292 g/mol. The average molecular weight is 304 g/mol. The van der Waals surface area contributed by atoms with E-state index in [9.17, 15) is 8.78 Å². The van der Waals surface area contributed by atoms with E-state index >= 15 is 0 Å². The van der Waals surface area contributed by atoms with Crippen LogP contribution in [-0.4, -0.2) is 0 Å². The summed E-state index contributed by atoms with van der Waals surface area (Å²) in [6, 6.07) is 13.8. The van der Waals surface area contributed by atoms with Gasteiger partial charge in [-0.25, -0.2) is 8.78 Å². The SMILES string of the molecule is NC(c1cc(F)cc(F)c1)c1ccc(Cl)c2ccccc12. The highest BCUT2D eigenvalue weighted by atomic mass is 35.5. The molecule has 21 heavy (non-hydrogen) atoms. The summed E-state index contributed by atoms with van der Waals surface area (Å²) in [7, 11) is 0. The maximum Gasteiger partial charge on any atom is 0.126 e. The first-order valence-corrected chi connectivity index (χ1v) is 6.83. The minimum atomic E-state index is -0.640. The summed E-state index contributed by atoms with van der Waals surface area (Å²) in [4.78, 5) is 0. The van der Waals surface area contributed by atoms with Gasteiger partial charge in [-0.2, -0.15) is 0 Å². The van der Waals surface area contributed by atoms with Crippen molar-refractivity contribution in [1.29, 1.82) is 0 Å². The Balaban J connectivity index is 2.18. The van der Waals surface area contributed by atoms with Gasteiger partial charge < -0.3 is 5.73 Å². The molecule has 0 aliphatic carbocycles. The maximum absolute atomic E-state index is 13.4. The van der Waals surface area contributed by atoms with Crippen molar-refractivity contribution in [1.82, 2.24) is 0 Å². The van der Waals surface area contributed by atoms with Crippen molar-refractivity contribution < 1.29 is 8.78 Å². The number of hydrogen-bond acceptors (Lipinski definition) is 1. The van der Waals surface area contributed by atoms with Gasteiger partial charge in [0.2, 0.25) is 0 Å². The van der Waals surface area contributed by atoms with Crippen LogP contribution < -0.4 is 5.73 Å². The van der Waals surface area contributed by atoms with Crippen molar-refractivity contribution in [3.8, 4) is 0 Å². The molecule has 4 heteroatoms. The molecule has 0 radical (unpaired) electrons. The topological polar surface area (TPSA) is 26.0 Å². The number of hydrogen-bond donors (Lipinski definition) is 1. The van der Waals surface area contributed by atoms with Gasteiger partial charge >= 0.3 is 0 Å². The highest BCUT2D eigenvalue weighted by Gasteiger charge is 2.15. The summed E-state index contributed by atoms with van der Waals surface area (Å²) in [6.07, 6.45) is 0. The number of fused-ring (bicyclic) bond motifs is 1. The minimum absolute atomic E-state index is 0.389. The number of nitrogens with two attached hydrogens (primary N) is 1. The summed E-state index contributed by atoms with van der Waals surface area (Å²) in [5.74, 6) is -1.28. The Bertz CT molecular complexity index is 797. The Morgan fingerprint density at radius 2 is 1.48 bits per heavy atom. The first-order valence-electron chi connectivity index (χ1n) is 6.45. The number of benzene rings is 3. The lowest BCUT2D eigenvalue weighted by atomic mass is 9.94. The third kappa shape index (κ3) is 2.62. The zero-order valence-electron chi connectivity index (χ0n) is 11.0. The number of halogens is 3. The van der Waals surface area contributed by atoms with E-state index < -0.39 is 17.7 Å². The summed E-state index contributed by atoms with van der Waals surface area (Å²) in [5.41, 5.74) is 7.36. The maximum atomic E-state index is 13.4. The van der Waals surface area contributed by atoms with Crippen molar-refractivity contribution in [2.24, 2.45) is 5.73 Å². The molecule has 1 atom stereocenters. The molecule has 0 saturated heterocycles. The van der Waals surface area contributed by atoms with Crippen molar-refractivity contribution >= 4 is 22.4 Å². The van der Waals surface area contributed by atoms with Crippen molar-refractivity contribution in [3.05, 3.63) is 82.4 Å². The molecule has 0 bridgehead atoms. The van der Waals surface area contributed by atoms with Crippen LogP contribution in [0.2, 0.25) is 5.02 Å². The fourth-order valence-corrected chi connectivity index (χ4v) is 2.72. The Labute approximate surface area is 126 Å². The Kier molecular flexibility index (Phi) is 3.62. The van der Waals surface area contributed by atoms with E-state index in [2.05, 4.69) is 0 Å². The van der Waals surface area contributed by atoms with Crippen molar-refractivity contribution in [2.45, 2.75) is 6.04 Å². The molecule has 0 amide bonds. The van der Waals surface area contributed by atoms with Crippen LogP contribution >= 0.6 is 11.6 Å². The van der Waals surface area contributed by atoms with E-state index in [0.717, 1.165) is 22.4 Å². The van der Waals surface area contributed by atoms with E-state index in [1.165, 1.54) is 12.1 Å². The molecule has 0 fully saturated rings. The predicted octanol–water partition coefficient (Wildman–Crippen LogP) is 4.82. The zero-order chi connectivity index (χ0) is 15.0. The second-order valence-electron chi connectivity index (χ2n) is 4.86. The molecule has 0 saturated carbocycles. The van der Waals surface area contributed by atoms with Crippen LogP contribution in [0.1, 0.15) is 17.2 Å². The molecule has 3 aromatic carbocycles. The molecule has 2 N–H and O–H groups in total. The van der Waals surface area contributed by atoms with Crippen LogP contribution in [0.3, 0.4) is 0 Å². The standard InChI is InChI=1S/C17H12ClF2N/c18-16-6-5-15(13-3-1-2-4-14(13)16)17(21)10-7-11(19)9-12(20)8-10/h1-9,17H,21H2. The third-order valence-electron chi connectivity index (χ3n) is 3.48. The molecule has 3 aromatic rings. The smallest absolute Gasteiger partial charge is 0.126 e. The molecule has 0 aliphatic rings. The molecule has 1 unspecified atom stereocenters. The molecule has 106 valence electrons. The van der Waals surface area contributed by atoms with E-state index in [0.29, 0.717) is 10.6 Å². The van der Waals surface area contributed by atoms with Gasteiger partial charge in [0.05, 0.1) is 6.04 Å². The van der Waals surface area contributed by atoms with Gasteiger partial charge in [0.15, 0.2) is 0 Å². The molecule has 0 aromatic heterocycles. The molecular formula is C17H12ClF2N. The molecule has 0 aliphatic heterocycles. The summed E-state index contributed by atoms with van der Waals surface area (Å²) < 4.78 is 26.7. The normalized spacial score (nSPS) is 12.6. The predicted molar refractivity (Wildman–Crippen MR) is 81.3 cm³/mol. The van der Waals surface area contributed by atoms with Crippen molar-refractivity contribution in [3.63, 3.8) is 0 Å². The summed E-state index contributed by atoms with van der Waals surface area (Å²) in [6.45, 7) is 0. The van der Waals surface area contributed by atoms with Gasteiger partial charge in [0, 0.05) is 16.5 Å². The zero-order valence-corrected chi connectivity index (χ0v) is 11.7. The average Bonchev–Trinajstić information content (AvgIpc) is 2.46. The Morgan fingerprint density at radius 3 is 2.14 bits per heavy atom. The lowest BCUT2D eigenvalue weighted by Gasteiger charge is -2.16. The Morgan fingerprint density at radius 1 is 0.857 bits per heavy atom. The van der Waals surface area contributed by atoms with Gasteiger partial charge in [-0.3, -0.25) is 0 Å².